The first-order valence-corrected chi connectivity index (χ1v) is 7.32. The molecule has 0 spiro atoms. The lowest BCUT2D eigenvalue weighted by molar-refractivity contribution is 1.16. The quantitative estimate of drug-likeness (QED) is 0.578. The molecular weight excluding hydrogens is 331 g/mol. The monoisotopic (exact) mass is 342 g/mol. The number of halogens is 3. The van der Waals surface area contributed by atoms with Gasteiger partial charge in [0.25, 0.3) is 0 Å². The van der Waals surface area contributed by atoms with Gasteiger partial charge in [0.2, 0.25) is 0 Å². The van der Waals surface area contributed by atoms with E-state index in [0.717, 1.165) is 5.56 Å². The van der Waals surface area contributed by atoms with Gasteiger partial charge in [-0.15, -0.1) is 0 Å². The van der Waals surface area contributed by atoms with E-state index in [2.05, 4.69) is 48.0 Å². The number of hydrogen-bond acceptors (Lipinski definition) is 0. The van der Waals surface area contributed by atoms with Gasteiger partial charge in [-0.25, -0.2) is 0 Å². The van der Waals surface area contributed by atoms with E-state index in [9.17, 15) is 0 Å². The molecule has 2 rings (SSSR count). The fourth-order valence-corrected chi connectivity index (χ4v) is 2.87. The normalized spacial score (nSPS) is 12.5. The van der Waals surface area contributed by atoms with Crippen molar-refractivity contribution in [2.45, 2.75) is 18.7 Å². The summed E-state index contributed by atoms with van der Waals surface area (Å²) in [6, 6.07) is 12.2. The molecular formula is C15H13BrCl2. The average molecular weight is 344 g/mol. The smallest absolute Gasteiger partial charge is 0.0645 e. The molecule has 0 N–H and O–H groups in total. The summed E-state index contributed by atoms with van der Waals surface area (Å²) in [5.41, 5.74) is 4.85. The maximum atomic E-state index is 6.06. The van der Waals surface area contributed by atoms with E-state index in [0.29, 0.717) is 10.0 Å². The molecule has 0 fully saturated rings. The van der Waals surface area contributed by atoms with Gasteiger partial charge in [0.05, 0.1) is 14.9 Å². The molecule has 18 heavy (non-hydrogen) atoms. The molecule has 0 aliphatic rings. The molecule has 0 radical (unpaired) electrons. The molecule has 0 saturated heterocycles. The molecule has 0 nitrogen and oxygen atoms in total. The third-order valence-electron chi connectivity index (χ3n) is 2.77. The van der Waals surface area contributed by atoms with Crippen molar-refractivity contribution in [1.82, 2.24) is 0 Å². The van der Waals surface area contributed by atoms with Gasteiger partial charge in [0, 0.05) is 0 Å². The Morgan fingerprint density at radius 2 is 1.44 bits per heavy atom. The fourth-order valence-electron chi connectivity index (χ4n) is 2.02. The van der Waals surface area contributed by atoms with Gasteiger partial charge in [-0.2, -0.15) is 0 Å². The first kappa shape index (κ1) is 13.9. The van der Waals surface area contributed by atoms with Crippen LogP contribution in [0.1, 0.15) is 27.1 Å². The Morgan fingerprint density at radius 1 is 0.833 bits per heavy atom. The third-order valence-corrected chi connectivity index (χ3v) is 4.57. The van der Waals surface area contributed by atoms with Gasteiger partial charge in [-0.1, -0.05) is 74.5 Å². The summed E-state index contributed by atoms with van der Waals surface area (Å²) in [5.74, 6) is 0. The molecule has 94 valence electrons. The SMILES string of the molecule is Cc1cc(C)cc(C(Br)c2ccc(Cl)c(Cl)c2)c1. The lowest BCUT2D eigenvalue weighted by Gasteiger charge is -2.13. The van der Waals surface area contributed by atoms with Crippen LogP contribution in [0.4, 0.5) is 0 Å². The Balaban J connectivity index is 2.40. The minimum Gasteiger partial charge on any atom is -0.0827 e. The Labute approximate surface area is 126 Å². The van der Waals surface area contributed by atoms with Gasteiger partial charge >= 0.3 is 0 Å². The molecule has 0 aliphatic heterocycles. The van der Waals surface area contributed by atoms with Crippen molar-refractivity contribution < 1.29 is 0 Å². The van der Waals surface area contributed by atoms with Gasteiger partial charge in [0.1, 0.15) is 0 Å². The highest BCUT2D eigenvalue weighted by molar-refractivity contribution is 9.09. The maximum Gasteiger partial charge on any atom is 0.0645 e. The first-order valence-electron chi connectivity index (χ1n) is 5.64. The molecule has 2 aromatic carbocycles. The zero-order chi connectivity index (χ0) is 13.3. The zero-order valence-corrected chi connectivity index (χ0v) is 13.3. The molecule has 3 heteroatoms. The molecule has 0 bridgehead atoms. The minimum atomic E-state index is 0.130. The van der Waals surface area contributed by atoms with Crippen molar-refractivity contribution in [2.24, 2.45) is 0 Å². The number of aryl methyl sites for hydroxylation is 2. The van der Waals surface area contributed by atoms with E-state index >= 15 is 0 Å². The maximum absolute atomic E-state index is 6.06. The van der Waals surface area contributed by atoms with Crippen molar-refractivity contribution in [3.8, 4) is 0 Å². The average Bonchev–Trinajstić information content (AvgIpc) is 2.30. The van der Waals surface area contributed by atoms with Crippen LogP contribution >= 0.6 is 39.1 Å². The molecule has 0 aromatic heterocycles. The van der Waals surface area contributed by atoms with Gasteiger partial charge in [-0.05, 0) is 37.1 Å². The van der Waals surface area contributed by atoms with Crippen LogP contribution < -0.4 is 0 Å². The molecule has 0 aliphatic carbocycles. The fraction of sp³-hybridized carbons (Fsp3) is 0.200. The predicted octanol–water partition coefficient (Wildman–Crippen LogP) is 6.09. The summed E-state index contributed by atoms with van der Waals surface area (Å²) in [6.45, 7) is 4.20. The second-order valence-electron chi connectivity index (χ2n) is 4.46. The summed E-state index contributed by atoms with van der Waals surface area (Å²) in [4.78, 5) is 0.130. The lowest BCUT2D eigenvalue weighted by Crippen LogP contribution is -1.94. The second kappa shape index (κ2) is 5.64. The molecule has 0 saturated carbocycles. The molecule has 1 atom stereocenters. The van der Waals surface area contributed by atoms with E-state index in [1.54, 1.807) is 0 Å². The summed E-state index contributed by atoms with van der Waals surface area (Å²) < 4.78 is 0. The van der Waals surface area contributed by atoms with Crippen molar-refractivity contribution in [2.75, 3.05) is 0 Å². The summed E-state index contributed by atoms with van der Waals surface area (Å²) in [7, 11) is 0. The topological polar surface area (TPSA) is 0 Å². The Kier molecular flexibility index (Phi) is 4.37. The number of alkyl halides is 1. The summed E-state index contributed by atoms with van der Waals surface area (Å²) in [6.07, 6.45) is 0. The molecule has 0 amide bonds. The van der Waals surface area contributed by atoms with Crippen molar-refractivity contribution in [3.63, 3.8) is 0 Å². The largest absolute Gasteiger partial charge is 0.0827 e. The number of benzene rings is 2. The van der Waals surface area contributed by atoms with Crippen LogP contribution in [0.15, 0.2) is 36.4 Å². The van der Waals surface area contributed by atoms with Crippen LogP contribution in [0.25, 0.3) is 0 Å². The molecule has 0 heterocycles. The van der Waals surface area contributed by atoms with Crippen molar-refractivity contribution >= 4 is 39.1 Å². The van der Waals surface area contributed by atoms with E-state index in [1.807, 2.05) is 18.2 Å². The lowest BCUT2D eigenvalue weighted by atomic mass is 10.0. The summed E-state index contributed by atoms with van der Waals surface area (Å²) in [5, 5.41) is 1.17. The van der Waals surface area contributed by atoms with Crippen LogP contribution in [0.5, 0.6) is 0 Å². The van der Waals surface area contributed by atoms with Gasteiger partial charge in [-0.3, -0.25) is 0 Å². The highest BCUT2D eigenvalue weighted by Gasteiger charge is 2.12. The first-order chi connectivity index (χ1) is 8.47. The number of rotatable bonds is 2. The van der Waals surface area contributed by atoms with Crippen LogP contribution in [0.3, 0.4) is 0 Å². The van der Waals surface area contributed by atoms with Gasteiger partial charge < -0.3 is 0 Å². The zero-order valence-electron chi connectivity index (χ0n) is 10.2. The number of hydrogen-bond donors (Lipinski definition) is 0. The van der Waals surface area contributed by atoms with E-state index in [-0.39, 0.29) is 4.83 Å². The summed E-state index contributed by atoms with van der Waals surface area (Å²) >= 11 is 15.7. The van der Waals surface area contributed by atoms with Crippen molar-refractivity contribution in [3.05, 3.63) is 68.7 Å². The van der Waals surface area contributed by atoms with E-state index in [4.69, 9.17) is 23.2 Å². The third kappa shape index (κ3) is 3.09. The highest BCUT2D eigenvalue weighted by Crippen LogP contribution is 2.34. The predicted molar refractivity (Wildman–Crippen MR) is 83.1 cm³/mol. The van der Waals surface area contributed by atoms with Crippen LogP contribution in [0.2, 0.25) is 10.0 Å². The minimum absolute atomic E-state index is 0.130. The Hall–Kier alpha value is -0.500. The molecule has 2 aromatic rings. The molecule has 1 unspecified atom stereocenters. The Bertz CT molecular complexity index is 558. The van der Waals surface area contributed by atoms with E-state index < -0.39 is 0 Å². The standard InChI is InChI=1S/C15H13BrCl2/c1-9-5-10(2)7-12(6-9)15(16)11-3-4-13(17)14(18)8-11/h3-8,15H,1-2H3. The highest BCUT2D eigenvalue weighted by atomic mass is 79.9. The Morgan fingerprint density at radius 3 is 2.00 bits per heavy atom. The van der Waals surface area contributed by atoms with Crippen LogP contribution in [-0.2, 0) is 0 Å². The van der Waals surface area contributed by atoms with Crippen LogP contribution in [0, 0.1) is 13.8 Å². The second-order valence-corrected chi connectivity index (χ2v) is 6.19. The van der Waals surface area contributed by atoms with Gasteiger partial charge in [0.15, 0.2) is 0 Å². The van der Waals surface area contributed by atoms with E-state index in [1.165, 1.54) is 16.7 Å². The van der Waals surface area contributed by atoms with Crippen LogP contribution in [-0.4, -0.2) is 0 Å². The van der Waals surface area contributed by atoms with Crippen molar-refractivity contribution in [1.29, 1.82) is 0 Å².